The van der Waals surface area contributed by atoms with E-state index in [9.17, 15) is 0 Å². The van der Waals surface area contributed by atoms with E-state index in [0.717, 1.165) is 18.4 Å². The average Bonchev–Trinajstić information content (AvgIpc) is 2.64. The van der Waals surface area contributed by atoms with E-state index < -0.39 is 0 Å². The highest BCUT2D eigenvalue weighted by Gasteiger charge is 2.23. The van der Waals surface area contributed by atoms with Crippen LogP contribution < -0.4 is 5.32 Å². The van der Waals surface area contributed by atoms with Crippen molar-refractivity contribution in [3.63, 3.8) is 0 Å². The third-order valence-corrected chi connectivity index (χ3v) is 3.76. The lowest BCUT2D eigenvalue weighted by Gasteiger charge is -2.23. The molecule has 0 saturated carbocycles. The number of aryl methyl sites for hydroxylation is 1. The maximum atomic E-state index is 3.47. The fraction of sp³-hybridized carbons (Fsp3) is 0.600. The highest BCUT2D eigenvalue weighted by atomic mass is 15.1. The van der Waals surface area contributed by atoms with E-state index in [-0.39, 0.29) is 0 Å². The highest BCUT2D eigenvalue weighted by Crippen LogP contribution is 2.17. The second kappa shape index (κ2) is 5.65. The maximum absolute atomic E-state index is 3.47. The summed E-state index contributed by atoms with van der Waals surface area (Å²) in [5, 5.41) is 3.47. The third kappa shape index (κ3) is 3.55. The molecule has 2 atom stereocenters. The zero-order chi connectivity index (χ0) is 12.3. The predicted molar refractivity (Wildman–Crippen MR) is 73.0 cm³/mol. The Hall–Kier alpha value is -0.860. The van der Waals surface area contributed by atoms with Gasteiger partial charge >= 0.3 is 0 Å². The van der Waals surface area contributed by atoms with Gasteiger partial charge in [0.05, 0.1) is 0 Å². The van der Waals surface area contributed by atoms with Crippen LogP contribution in [0.15, 0.2) is 24.3 Å². The van der Waals surface area contributed by atoms with Crippen molar-refractivity contribution in [2.24, 2.45) is 11.8 Å². The lowest BCUT2D eigenvalue weighted by Crippen LogP contribution is -2.28. The van der Waals surface area contributed by atoms with Crippen molar-refractivity contribution in [2.75, 3.05) is 26.7 Å². The molecule has 0 spiro atoms. The molecule has 94 valence electrons. The molecule has 1 aliphatic heterocycles. The Kier molecular flexibility index (Phi) is 4.19. The molecule has 1 saturated heterocycles. The van der Waals surface area contributed by atoms with Gasteiger partial charge in [-0.3, -0.25) is 0 Å². The van der Waals surface area contributed by atoms with Crippen LogP contribution in [0.2, 0.25) is 0 Å². The summed E-state index contributed by atoms with van der Waals surface area (Å²) < 4.78 is 0. The maximum Gasteiger partial charge on any atom is 0.0230 e. The van der Waals surface area contributed by atoms with Crippen LogP contribution in [0.25, 0.3) is 0 Å². The molecule has 0 amide bonds. The fourth-order valence-electron chi connectivity index (χ4n) is 2.70. The number of nitrogens with one attached hydrogen (secondary N) is 1. The zero-order valence-electron chi connectivity index (χ0n) is 11.2. The third-order valence-electron chi connectivity index (χ3n) is 3.76. The van der Waals surface area contributed by atoms with Crippen LogP contribution in [0.5, 0.6) is 0 Å². The van der Waals surface area contributed by atoms with E-state index in [2.05, 4.69) is 55.4 Å². The first kappa shape index (κ1) is 12.6. The first-order chi connectivity index (χ1) is 8.15. The Morgan fingerprint density at radius 3 is 2.82 bits per heavy atom. The molecular weight excluding hydrogens is 208 g/mol. The van der Waals surface area contributed by atoms with Crippen LogP contribution in [0, 0.1) is 18.8 Å². The quantitative estimate of drug-likeness (QED) is 0.857. The lowest BCUT2D eigenvalue weighted by molar-refractivity contribution is 0.252. The topological polar surface area (TPSA) is 15.3 Å². The van der Waals surface area contributed by atoms with Gasteiger partial charge in [-0.1, -0.05) is 36.8 Å². The molecule has 1 heterocycles. The van der Waals surface area contributed by atoms with Crippen molar-refractivity contribution in [2.45, 2.75) is 20.4 Å². The fourth-order valence-corrected chi connectivity index (χ4v) is 2.70. The molecule has 2 heteroatoms. The summed E-state index contributed by atoms with van der Waals surface area (Å²) in [4.78, 5) is 2.45. The second-order valence-electron chi connectivity index (χ2n) is 5.58. The predicted octanol–water partition coefficient (Wildman–Crippen LogP) is 2.28. The highest BCUT2D eigenvalue weighted by molar-refractivity contribution is 5.22. The van der Waals surface area contributed by atoms with Crippen LogP contribution in [-0.4, -0.2) is 31.6 Å². The summed E-state index contributed by atoms with van der Waals surface area (Å²) in [7, 11) is 2.23. The number of hydrogen-bond acceptors (Lipinski definition) is 2. The Morgan fingerprint density at radius 2 is 2.18 bits per heavy atom. The van der Waals surface area contributed by atoms with E-state index in [0.29, 0.717) is 0 Å². The number of benzene rings is 1. The van der Waals surface area contributed by atoms with E-state index in [1.807, 2.05) is 0 Å². The molecule has 0 aromatic heterocycles. The molecule has 1 fully saturated rings. The van der Waals surface area contributed by atoms with Gasteiger partial charge in [0.25, 0.3) is 0 Å². The van der Waals surface area contributed by atoms with Gasteiger partial charge in [-0.25, -0.2) is 0 Å². The summed E-state index contributed by atoms with van der Waals surface area (Å²) in [6.45, 7) is 9.13. The molecule has 0 aliphatic carbocycles. The Bertz CT molecular complexity index is 362. The van der Waals surface area contributed by atoms with Gasteiger partial charge in [-0.15, -0.1) is 0 Å². The standard InChI is InChI=1S/C15H24N2/c1-12-5-4-6-14(7-12)10-17(3)11-15-9-16-8-13(15)2/h4-7,13,15-16H,8-11H2,1-3H3. The minimum absolute atomic E-state index is 0.810. The molecule has 1 aromatic rings. The van der Waals surface area contributed by atoms with Gasteiger partial charge in [0.1, 0.15) is 0 Å². The summed E-state index contributed by atoms with van der Waals surface area (Å²) in [6.07, 6.45) is 0. The van der Waals surface area contributed by atoms with Crippen molar-refractivity contribution in [3.8, 4) is 0 Å². The summed E-state index contributed by atoms with van der Waals surface area (Å²) >= 11 is 0. The molecule has 1 aliphatic rings. The van der Waals surface area contributed by atoms with Crippen molar-refractivity contribution < 1.29 is 0 Å². The number of nitrogens with zero attached hydrogens (tertiary/aromatic N) is 1. The smallest absolute Gasteiger partial charge is 0.0230 e. The average molecular weight is 232 g/mol. The van der Waals surface area contributed by atoms with Gasteiger partial charge in [-0.2, -0.15) is 0 Å². The second-order valence-corrected chi connectivity index (χ2v) is 5.58. The van der Waals surface area contributed by atoms with E-state index in [1.54, 1.807) is 0 Å². The summed E-state index contributed by atoms with van der Waals surface area (Å²) in [5.74, 6) is 1.62. The van der Waals surface area contributed by atoms with Gasteiger partial charge in [0.2, 0.25) is 0 Å². The van der Waals surface area contributed by atoms with Crippen LogP contribution in [0.1, 0.15) is 18.1 Å². The van der Waals surface area contributed by atoms with Gasteiger partial charge in [0.15, 0.2) is 0 Å². The molecule has 17 heavy (non-hydrogen) atoms. The SMILES string of the molecule is Cc1cccc(CN(C)CC2CNCC2C)c1. The minimum Gasteiger partial charge on any atom is -0.316 e. The molecule has 2 unspecified atom stereocenters. The summed E-state index contributed by atoms with van der Waals surface area (Å²) in [6, 6.07) is 8.82. The van der Waals surface area contributed by atoms with Crippen molar-refractivity contribution in [1.29, 1.82) is 0 Å². The van der Waals surface area contributed by atoms with Gasteiger partial charge in [0, 0.05) is 13.1 Å². The molecule has 1 aromatic carbocycles. The van der Waals surface area contributed by atoms with E-state index in [4.69, 9.17) is 0 Å². The normalized spacial score (nSPS) is 24.5. The van der Waals surface area contributed by atoms with Crippen LogP contribution in [0.3, 0.4) is 0 Å². The molecule has 2 nitrogen and oxygen atoms in total. The van der Waals surface area contributed by atoms with Crippen molar-refractivity contribution >= 4 is 0 Å². The molecular formula is C15H24N2. The van der Waals surface area contributed by atoms with Crippen molar-refractivity contribution in [1.82, 2.24) is 10.2 Å². The van der Waals surface area contributed by atoms with Crippen LogP contribution >= 0.6 is 0 Å². The number of rotatable bonds is 4. The minimum atomic E-state index is 0.810. The van der Waals surface area contributed by atoms with E-state index in [1.165, 1.54) is 30.8 Å². The molecule has 0 radical (unpaired) electrons. The van der Waals surface area contributed by atoms with Gasteiger partial charge < -0.3 is 10.2 Å². The summed E-state index contributed by atoms with van der Waals surface area (Å²) in [5.41, 5.74) is 2.78. The zero-order valence-corrected chi connectivity index (χ0v) is 11.2. The monoisotopic (exact) mass is 232 g/mol. The molecule has 0 bridgehead atoms. The van der Waals surface area contributed by atoms with Gasteiger partial charge in [-0.05, 0) is 44.5 Å². The number of hydrogen-bond donors (Lipinski definition) is 1. The Morgan fingerprint density at radius 1 is 1.35 bits per heavy atom. The first-order valence-corrected chi connectivity index (χ1v) is 6.60. The van der Waals surface area contributed by atoms with Crippen LogP contribution in [0.4, 0.5) is 0 Å². The van der Waals surface area contributed by atoms with Crippen molar-refractivity contribution in [3.05, 3.63) is 35.4 Å². The first-order valence-electron chi connectivity index (χ1n) is 6.60. The van der Waals surface area contributed by atoms with E-state index >= 15 is 0 Å². The lowest BCUT2D eigenvalue weighted by atomic mass is 9.97. The molecule has 1 N–H and O–H groups in total. The Balaban J connectivity index is 1.86. The Labute approximate surface area is 105 Å². The molecule has 2 rings (SSSR count). The largest absolute Gasteiger partial charge is 0.316 e. The van der Waals surface area contributed by atoms with Crippen LogP contribution in [-0.2, 0) is 6.54 Å².